The third-order valence-corrected chi connectivity index (χ3v) is 2.02. The molecule has 78 valence electrons. The summed E-state index contributed by atoms with van der Waals surface area (Å²) in [6.45, 7) is 3.69. The number of carbonyl (C=O) groups is 1. The number of ether oxygens (including phenoxy) is 1. The number of hydrogen-bond donors (Lipinski definition) is 0. The predicted molar refractivity (Wildman–Crippen MR) is 61.4 cm³/mol. The molecule has 0 atom stereocenters. The number of methoxy groups -OCH3 is 1. The molecule has 15 heavy (non-hydrogen) atoms. The lowest BCUT2D eigenvalue weighted by atomic mass is 10.0. The zero-order valence-electron chi connectivity index (χ0n) is 8.77. The number of esters is 1. The van der Waals surface area contributed by atoms with Crippen LogP contribution in [0.25, 0.3) is 6.08 Å². The smallest absolute Gasteiger partial charge is 0.330 e. The first-order chi connectivity index (χ1) is 7.27. The summed E-state index contributed by atoms with van der Waals surface area (Å²) in [6.07, 6.45) is 5.80. The first kappa shape index (κ1) is 11.2. The molecule has 0 fully saturated rings. The molecule has 0 saturated carbocycles. The van der Waals surface area contributed by atoms with Crippen LogP contribution in [0.2, 0.25) is 0 Å². The summed E-state index contributed by atoms with van der Waals surface area (Å²) in [7, 11) is 1.36. The van der Waals surface area contributed by atoms with E-state index >= 15 is 0 Å². The fourth-order valence-electron chi connectivity index (χ4n) is 1.26. The van der Waals surface area contributed by atoms with E-state index in [9.17, 15) is 4.79 Å². The highest BCUT2D eigenvalue weighted by molar-refractivity contribution is 5.87. The second kappa shape index (κ2) is 5.81. The molecule has 0 bridgehead atoms. The van der Waals surface area contributed by atoms with E-state index in [4.69, 9.17) is 0 Å². The molecule has 0 aromatic heterocycles. The van der Waals surface area contributed by atoms with Crippen molar-refractivity contribution in [3.63, 3.8) is 0 Å². The van der Waals surface area contributed by atoms with Gasteiger partial charge in [0.05, 0.1) is 7.11 Å². The summed E-state index contributed by atoms with van der Waals surface area (Å²) in [4.78, 5) is 10.9. The van der Waals surface area contributed by atoms with Crippen molar-refractivity contribution in [2.45, 2.75) is 6.42 Å². The van der Waals surface area contributed by atoms with Crippen LogP contribution in [-0.2, 0) is 16.0 Å². The maximum Gasteiger partial charge on any atom is 0.330 e. The van der Waals surface area contributed by atoms with Gasteiger partial charge in [0.25, 0.3) is 0 Å². The summed E-state index contributed by atoms with van der Waals surface area (Å²) in [5.74, 6) is -0.344. The maximum atomic E-state index is 10.9. The normalized spacial score (nSPS) is 10.2. The Hall–Kier alpha value is -1.83. The van der Waals surface area contributed by atoms with E-state index in [-0.39, 0.29) is 5.97 Å². The van der Waals surface area contributed by atoms with Gasteiger partial charge in [-0.1, -0.05) is 30.3 Å². The molecular formula is C13H14O2. The van der Waals surface area contributed by atoms with E-state index < -0.39 is 0 Å². The van der Waals surface area contributed by atoms with Crippen molar-refractivity contribution in [2.24, 2.45) is 0 Å². The molecule has 0 radical (unpaired) electrons. The molecule has 1 aromatic carbocycles. The fourth-order valence-corrected chi connectivity index (χ4v) is 1.26. The Kier molecular flexibility index (Phi) is 4.35. The van der Waals surface area contributed by atoms with Gasteiger partial charge >= 0.3 is 5.97 Å². The Morgan fingerprint density at radius 2 is 2.20 bits per heavy atom. The Morgan fingerprint density at radius 1 is 1.47 bits per heavy atom. The van der Waals surface area contributed by atoms with Crippen LogP contribution in [0.4, 0.5) is 0 Å². The van der Waals surface area contributed by atoms with Gasteiger partial charge in [0, 0.05) is 6.08 Å². The number of benzene rings is 1. The van der Waals surface area contributed by atoms with Crippen molar-refractivity contribution < 1.29 is 9.53 Å². The van der Waals surface area contributed by atoms with Crippen LogP contribution in [0.5, 0.6) is 0 Å². The molecular weight excluding hydrogens is 188 g/mol. The van der Waals surface area contributed by atoms with Crippen molar-refractivity contribution >= 4 is 12.0 Å². The second-order valence-corrected chi connectivity index (χ2v) is 3.05. The SMILES string of the molecule is C=CCc1ccccc1/C=C/C(=O)OC. The lowest BCUT2D eigenvalue weighted by Gasteiger charge is -2.01. The molecule has 1 aromatic rings. The summed E-state index contributed by atoms with van der Waals surface area (Å²) >= 11 is 0. The number of rotatable bonds is 4. The van der Waals surface area contributed by atoms with Crippen molar-refractivity contribution in [1.82, 2.24) is 0 Å². The average Bonchev–Trinajstić information content (AvgIpc) is 2.28. The van der Waals surface area contributed by atoms with E-state index in [2.05, 4.69) is 11.3 Å². The van der Waals surface area contributed by atoms with Gasteiger partial charge in [-0.05, 0) is 23.6 Å². The van der Waals surface area contributed by atoms with Crippen LogP contribution >= 0.6 is 0 Å². The molecule has 0 amide bonds. The standard InChI is InChI=1S/C13H14O2/c1-3-6-11-7-4-5-8-12(11)9-10-13(14)15-2/h3-5,7-10H,1,6H2,2H3/b10-9+. The van der Waals surface area contributed by atoms with Crippen LogP contribution in [0, 0.1) is 0 Å². The minimum atomic E-state index is -0.344. The summed E-state index contributed by atoms with van der Waals surface area (Å²) in [6, 6.07) is 7.87. The summed E-state index contributed by atoms with van der Waals surface area (Å²) in [5.41, 5.74) is 2.16. The van der Waals surface area contributed by atoms with Crippen molar-refractivity contribution in [3.05, 3.63) is 54.1 Å². The highest BCUT2D eigenvalue weighted by Crippen LogP contribution is 2.11. The first-order valence-corrected chi connectivity index (χ1v) is 4.72. The van der Waals surface area contributed by atoms with Gasteiger partial charge in [0.2, 0.25) is 0 Å². The number of allylic oxidation sites excluding steroid dienone is 1. The zero-order chi connectivity index (χ0) is 11.1. The van der Waals surface area contributed by atoms with E-state index in [0.29, 0.717) is 0 Å². The van der Waals surface area contributed by atoms with E-state index in [1.165, 1.54) is 13.2 Å². The van der Waals surface area contributed by atoms with Crippen molar-refractivity contribution in [1.29, 1.82) is 0 Å². The van der Waals surface area contributed by atoms with Crippen LogP contribution in [0.3, 0.4) is 0 Å². The maximum absolute atomic E-state index is 10.9. The third-order valence-electron chi connectivity index (χ3n) is 2.02. The molecule has 0 saturated heterocycles. The molecule has 2 heteroatoms. The highest BCUT2D eigenvalue weighted by Gasteiger charge is 1.97. The van der Waals surface area contributed by atoms with Gasteiger partial charge in [0.15, 0.2) is 0 Å². The molecule has 0 aliphatic carbocycles. The number of hydrogen-bond acceptors (Lipinski definition) is 2. The van der Waals surface area contributed by atoms with Crippen LogP contribution in [0.1, 0.15) is 11.1 Å². The molecule has 0 aliphatic rings. The third kappa shape index (κ3) is 3.43. The Labute approximate surface area is 89.9 Å². The molecule has 0 N–H and O–H groups in total. The fraction of sp³-hybridized carbons (Fsp3) is 0.154. The molecule has 2 nitrogen and oxygen atoms in total. The minimum absolute atomic E-state index is 0.344. The quantitative estimate of drug-likeness (QED) is 0.426. The Morgan fingerprint density at radius 3 is 2.87 bits per heavy atom. The number of carbonyl (C=O) groups excluding carboxylic acids is 1. The molecule has 0 heterocycles. The van der Waals surface area contributed by atoms with E-state index in [0.717, 1.165) is 17.5 Å². The Bertz CT molecular complexity index is 378. The van der Waals surface area contributed by atoms with Crippen molar-refractivity contribution in [3.8, 4) is 0 Å². The van der Waals surface area contributed by atoms with Gasteiger partial charge in [0.1, 0.15) is 0 Å². The first-order valence-electron chi connectivity index (χ1n) is 4.72. The van der Waals surface area contributed by atoms with Gasteiger partial charge in [-0.15, -0.1) is 6.58 Å². The zero-order valence-corrected chi connectivity index (χ0v) is 8.77. The monoisotopic (exact) mass is 202 g/mol. The average molecular weight is 202 g/mol. The topological polar surface area (TPSA) is 26.3 Å². The van der Waals surface area contributed by atoms with Gasteiger partial charge in [-0.25, -0.2) is 4.79 Å². The minimum Gasteiger partial charge on any atom is -0.466 e. The molecule has 0 unspecified atom stereocenters. The second-order valence-electron chi connectivity index (χ2n) is 3.05. The van der Waals surface area contributed by atoms with Gasteiger partial charge in [-0.3, -0.25) is 0 Å². The summed E-state index contributed by atoms with van der Waals surface area (Å²) < 4.78 is 4.53. The van der Waals surface area contributed by atoms with Gasteiger partial charge < -0.3 is 4.74 Å². The molecule has 0 spiro atoms. The Balaban J connectivity index is 2.88. The van der Waals surface area contributed by atoms with Gasteiger partial charge in [-0.2, -0.15) is 0 Å². The molecule has 0 aliphatic heterocycles. The van der Waals surface area contributed by atoms with Crippen molar-refractivity contribution in [2.75, 3.05) is 7.11 Å². The van der Waals surface area contributed by atoms with E-state index in [1.54, 1.807) is 6.08 Å². The summed E-state index contributed by atoms with van der Waals surface area (Å²) in [5, 5.41) is 0. The lowest BCUT2D eigenvalue weighted by Crippen LogP contribution is -1.94. The molecule has 1 rings (SSSR count). The highest BCUT2D eigenvalue weighted by atomic mass is 16.5. The van der Waals surface area contributed by atoms with Crippen LogP contribution in [0.15, 0.2) is 43.0 Å². The largest absolute Gasteiger partial charge is 0.466 e. The predicted octanol–water partition coefficient (Wildman–Crippen LogP) is 2.60. The lowest BCUT2D eigenvalue weighted by molar-refractivity contribution is -0.134. The van der Waals surface area contributed by atoms with Crippen LogP contribution in [-0.4, -0.2) is 13.1 Å². The van der Waals surface area contributed by atoms with E-state index in [1.807, 2.05) is 30.3 Å². The van der Waals surface area contributed by atoms with Crippen LogP contribution < -0.4 is 0 Å².